The van der Waals surface area contributed by atoms with Crippen LogP contribution < -0.4 is 4.74 Å². The minimum Gasteiger partial charge on any atom is -0.494 e. The van der Waals surface area contributed by atoms with Crippen LogP contribution in [0.1, 0.15) is 26.2 Å². The van der Waals surface area contributed by atoms with Gasteiger partial charge in [0.15, 0.2) is 0 Å². The van der Waals surface area contributed by atoms with Crippen molar-refractivity contribution in [3.63, 3.8) is 0 Å². The molecule has 0 aromatic heterocycles. The van der Waals surface area contributed by atoms with Crippen LogP contribution in [0.15, 0.2) is 53.4 Å². The molecule has 2 heteroatoms. The van der Waals surface area contributed by atoms with Gasteiger partial charge in [0.25, 0.3) is 0 Å². The summed E-state index contributed by atoms with van der Waals surface area (Å²) in [5.74, 6) is 0.950. The summed E-state index contributed by atoms with van der Waals surface area (Å²) in [4.78, 5) is 0.986. The topological polar surface area (TPSA) is 9.23 Å². The predicted octanol–water partition coefficient (Wildman–Crippen LogP) is 5.21. The Morgan fingerprint density at radius 1 is 0.842 bits per heavy atom. The van der Waals surface area contributed by atoms with Crippen LogP contribution in [0, 0.1) is 0 Å². The Morgan fingerprint density at radius 2 is 1.42 bits per heavy atom. The summed E-state index contributed by atoms with van der Waals surface area (Å²) in [6.45, 7) is 3.01. The van der Waals surface area contributed by atoms with Crippen LogP contribution in [0.3, 0.4) is 0 Å². The number of rotatable bonds is 6. The smallest absolute Gasteiger partial charge is 0.119 e. The zero-order chi connectivity index (χ0) is 13.5. The van der Waals surface area contributed by atoms with E-state index < -0.39 is 0 Å². The van der Waals surface area contributed by atoms with Crippen molar-refractivity contribution in [1.29, 1.82) is 0 Å². The molecule has 0 fully saturated rings. The van der Waals surface area contributed by atoms with Gasteiger partial charge < -0.3 is 4.74 Å². The van der Waals surface area contributed by atoms with Crippen LogP contribution >= 0.6 is 12.6 Å². The van der Waals surface area contributed by atoms with E-state index in [-0.39, 0.29) is 0 Å². The number of thiol groups is 1. The summed E-state index contributed by atoms with van der Waals surface area (Å²) < 4.78 is 5.71. The van der Waals surface area contributed by atoms with Crippen LogP contribution in [-0.2, 0) is 0 Å². The average Bonchev–Trinajstić information content (AvgIpc) is 2.45. The quantitative estimate of drug-likeness (QED) is 0.561. The highest BCUT2D eigenvalue weighted by molar-refractivity contribution is 7.80. The highest BCUT2D eigenvalue weighted by Gasteiger charge is 1.98. The van der Waals surface area contributed by atoms with Gasteiger partial charge in [-0.05, 0) is 41.8 Å². The fourth-order valence-corrected chi connectivity index (χ4v) is 2.09. The SMILES string of the molecule is CCCCCOc1ccc(-c2ccc(S)cc2)cc1. The molecular weight excluding hydrogens is 252 g/mol. The number of unbranched alkanes of at least 4 members (excludes halogenated alkanes) is 2. The number of hydrogen-bond donors (Lipinski definition) is 1. The Bertz CT molecular complexity index is 488. The van der Waals surface area contributed by atoms with E-state index in [1.165, 1.54) is 24.0 Å². The van der Waals surface area contributed by atoms with E-state index in [0.717, 1.165) is 23.7 Å². The molecule has 0 saturated heterocycles. The van der Waals surface area contributed by atoms with E-state index in [9.17, 15) is 0 Å². The van der Waals surface area contributed by atoms with Crippen molar-refractivity contribution >= 4 is 12.6 Å². The fourth-order valence-electron chi connectivity index (χ4n) is 1.94. The third-order valence-electron chi connectivity index (χ3n) is 3.07. The van der Waals surface area contributed by atoms with Gasteiger partial charge in [-0.15, -0.1) is 12.6 Å². The Hall–Kier alpha value is -1.41. The van der Waals surface area contributed by atoms with Crippen molar-refractivity contribution in [2.75, 3.05) is 6.61 Å². The van der Waals surface area contributed by atoms with Gasteiger partial charge in [-0.1, -0.05) is 44.0 Å². The Morgan fingerprint density at radius 3 is 2.00 bits per heavy atom. The first-order valence-corrected chi connectivity index (χ1v) is 7.26. The molecule has 100 valence electrons. The zero-order valence-electron chi connectivity index (χ0n) is 11.3. The van der Waals surface area contributed by atoms with Crippen LogP contribution in [0.25, 0.3) is 11.1 Å². The van der Waals surface area contributed by atoms with Crippen LogP contribution in [0.4, 0.5) is 0 Å². The second-order valence-electron chi connectivity index (χ2n) is 4.63. The molecule has 2 rings (SSSR count). The molecule has 0 amide bonds. The van der Waals surface area contributed by atoms with Crippen molar-refractivity contribution in [2.45, 2.75) is 31.1 Å². The number of ether oxygens (including phenoxy) is 1. The molecule has 0 aliphatic heterocycles. The molecule has 0 unspecified atom stereocenters. The predicted molar refractivity (Wildman–Crippen MR) is 84.2 cm³/mol. The van der Waals surface area contributed by atoms with Crippen molar-refractivity contribution < 1.29 is 4.74 Å². The summed E-state index contributed by atoms with van der Waals surface area (Å²) >= 11 is 4.30. The first-order valence-electron chi connectivity index (χ1n) is 6.82. The summed E-state index contributed by atoms with van der Waals surface area (Å²) in [6.07, 6.45) is 3.58. The van der Waals surface area contributed by atoms with Gasteiger partial charge in [-0.2, -0.15) is 0 Å². The Labute approximate surface area is 121 Å². The second-order valence-corrected chi connectivity index (χ2v) is 5.14. The van der Waals surface area contributed by atoms with Gasteiger partial charge in [0.05, 0.1) is 6.61 Å². The first-order chi connectivity index (χ1) is 9.29. The van der Waals surface area contributed by atoms with Crippen LogP contribution in [0.5, 0.6) is 5.75 Å². The molecule has 0 spiro atoms. The molecule has 0 bridgehead atoms. The Balaban J connectivity index is 1.96. The molecule has 2 aromatic carbocycles. The lowest BCUT2D eigenvalue weighted by molar-refractivity contribution is 0.306. The van der Waals surface area contributed by atoms with Gasteiger partial charge in [-0.3, -0.25) is 0 Å². The molecule has 0 aliphatic carbocycles. The highest BCUT2D eigenvalue weighted by atomic mass is 32.1. The molecule has 1 nitrogen and oxygen atoms in total. The third-order valence-corrected chi connectivity index (χ3v) is 3.37. The van der Waals surface area contributed by atoms with Gasteiger partial charge in [0, 0.05) is 4.90 Å². The molecular formula is C17H20OS. The van der Waals surface area contributed by atoms with Crippen LogP contribution in [-0.4, -0.2) is 6.61 Å². The molecule has 0 aliphatic rings. The summed E-state index contributed by atoms with van der Waals surface area (Å²) in [7, 11) is 0. The average molecular weight is 272 g/mol. The second kappa shape index (κ2) is 7.25. The Kier molecular flexibility index (Phi) is 5.34. The lowest BCUT2D eigenvalue weighted by Gasteiger charge is -2.07. The van der Waals surface area contributed by atoms with Crippen molar-refractivity contribution in [3.05, 3.63) is 48.5 Å². The molecule has 0 saturated carbocycles. The standard InChI is InChI=1S/C17H20OS/c1-2-3-4-13-18-16-9-5-14(6-10-16)15-7-11-17(19)12-8-15/h5-12,19H,2-4,13H2,1H3. The monoisotopic (exact) mass is 272 g/mol. The maximum atomic E-state index is 5.71. The molecule has 2 aromatic rings. The largest absolute Gasteiger partial charge is 0.494 e. The lowest BCUT2D eigenvalue weighted by Crippen LogP contribution is -1.96. The molecule has 0 radical (unpaired) electrons. The lowest BCUT2D eigenvalue weighted by atomic mass is 10.1. The summed E-state index contributed by atoms with van der Waals surface area (Å²) in [5, 5.41) is 0. The normalized spacial score (nSPS) is 10.4. The van der Waals surface area contributed by atoms with E-state index in [1.54, 1.807) is 0 Å². The summed E-state index contributed by atoms with van der Waals surface area (Å²) in [5.41, 5.74) is 2.41. The highest BCUT2D eigenvalue weighted by Crippen LogP contribution is 2.23. The van der Waals surface area contributed by atoms with E-state index in [1.807, 2.05) is 24.3 Å². The van der Waals surface area contributed by atoms with E-state index >= 15 is 0 Å². The molecule has 0 atom stereocenters. The van der Waals surface area contributed by atoms with E-state index in [2.05, 4.69) is 43.8 Å². The van der Waals surface area contributed by atoms with Gasteiger partial charge in [0.2, 0.25) is 0 Å². The molecule has 19 heavy (non-hydrogen) atoms. The van der Waals surface area contributed by atoms with Crippen molar-refractivity contribution in [1.82, 2.24) is 0 Å². The molecule has 0 heterocycles. The van der Waals surface area contributed by atoms with E-state index in [4.69, 9.17) is 4.74 Å². The van der Waals surface area contributed by atoms with Gasteiger partial charge >= 0.3 is 0 Å². The zero-order valence-corrected chi connectivity index (χ0v) is 12.2. The third kappa shape index (κ3) is 4.32. The maximum absolute atomic E-state index is 5.71. The van der Waals surface area contributed by atoms with Gasteiger partial charge in [0.1, 0.15) is 5.75 Å². The van der Waals surface area contributed by atoms with E-state index in [0.29, 0.717) is 0 Å². The maximum Gasteiger partial charge on any atom is 0.119 e. The minimum atomic E-state index is 0.807. The molecule has 0 N–H and O–H groups in total. The number of benzene rings is 2. The van der Waals surface area contributed by atoms with Crippen molar-refractivity contribution in [2.24, 2.45) is 0 Å². The summed E-state index contributed by atoms with van der Waals surface area (Å²) in [6, 6.07) is 16.5. The van der Waals surface area contributed by atoms with Gasteiger partial charge in [-0.25, -0.2) is 0 Å². The van der Waals surface area contributed by atoms with Crippen molar-refractivity contribution in [3.8, 4) is 16.9 Å². The minimum absolute atomic E-state index is 0.807. The first kappa shape index (κ1) is 14.0. The number of hydrogen-bond acceptors (Lipinski definition) is 2. The van der Waals surface area contributed by atoms with Crippen LogP contribution in [0.2, 0.25) is 0 Å². The fraction of sp³-hybridized carbons (Fsp3) is 0.294.